The maximum absolute atomic E-state index is 12.7. The predicted octanol–water partition coefficient (Wildman–Crippen LogP) is 5.07. The lowest BCUT2D eigenvalue weighted by Crippen LogP contribution is -2.70. The van der Waals surface area contributed by atoms with Gasteiger partial charge in [0, 0.05) is 52.2 Å². The summed E-state index contributed by atoms with van der Waals surface area (Å²) in [5, 5.41) is 14.6. The highest BCUT2D eigenvalue weighted by molar-refractivity contribution is 5.92. The van der Waals surface area contributed by atoms with Crippen LogP contribution >= 0.6 is 0 Å². The number of rotatable bonds is 11. The molecule has 0 aliphatic carbocycles. The third-order valence-electron chi connectivity index (χ3n) is 9.64. The molecule has 63 heavy (non-hydrogen) atoms. The number of hydrogen-bond acceptors (Lipinski definition) is 13. The third kappa shape index (κ3) is 18.9. The first-order valence-corrected chi connectivity index (χ1v) is 21.7. The molecule has 18 nitrogen and oxygen atoms in total. The van der Waals surface area contributed by atoms with Gasteiger partial charge >= 0.3 is 24.4 Å². The van der Waals surface area contributed by atoms with Gasteiger partial charge in [0.05, 0.1) is 17.6 Å². The molecule has 0 aromatic rings. The van der Waals surface area contributed by atoms with Crippen molar-refractivity contribution in [3.63, 3.8) is 0 Å². The number of nitrogens with zero attached hydrogens (tertiary/aromatic N) is 2. The van der Waals surface area contributed by atoms with Gasteiger partial charge in [0.2, 0.25) is 5.91 Å². The van der Waals surface area contributed by atoms with Crippen molar-refractivity contribution < 1.29 is 47.7 Å². The second kappa shape index (κ2) is 23.8. The first kappa shape index (κ1) is 56.3. The summed E-state index contributed by atoms with van der Waals surface area (Å²) < 4.78 is 21.5. The van der Waals surface area contributed by atoms with E-state index in [9.17, 15) is 28.8 Å². The topological polar surface area (TPSA) is 232 Å². The quantitative estimate of drug-likeness (QED) is 0.118. The zero-order valence-electron chi connectivity index (χ0n) is 40.3. The first-order valence-electron chi connectivity index (χ1n) is 21.7. The van der Waals surface area contributed by atoms with Gasteiger partial charge in [-0.3, -0.25) is 19.4 Å². The molecule has 3 atom stereocenters. The van der Waals surface area contributed by atoms with E-state index in [2.05, 4.69) is 46.3 Å². The van der Waals surface area contributed by atoms with Crippen molar-refractivity contribution in [3.8, 4) is 0 Å². The van der Waals surface area contributed by atoms with Gasteiger partial charge in [0.25, 0.3) is 0 Å². The zero-order chi connectivity index (χ0) is 48.5. The molecular formula is C45H80N8O10. The summed E-state index contributed by atoms with van der Waals surface area (Å²) in [5.41, 5.74) is 0.587. The van der Waals surface area contributed by atoms with Crippen LogP contribution in [0, 0.1) is 0 Å². The van der Waals surface area contributed by atoms with E-state index in [1.807, 2.05) is 20.8 Å². The fourth-order valence-electron chi connectivity index (χ4n) is 6.88. The number of hydrogen-bond donors (Lipinski definition) is 6. The summed E-state index contributed by atoms with van der Waals surface area (Å²) in [6.45, 7) is 36.2. The maximum atomic E-state index is 12.7. The van der Waals surface area contributed by atoms with Crippen LogP contribution in [0.15, 0.2) is 38.0 Å². The SMILES string of the molecule is C=CC[C@@]1(CNC(=O)OC(C)(C)C)C(=O)NCCN1C(=O)OC(C)(C)C.C=CC[C@@]1(CNC(=O)OC(C)(C)C)CNCCN1C(=O)OC(C)(C)C.C=CC[C@]1(CN)NCCCC1=O. The van der Waals surface area contributed by atoms with Crippen molar-refractivity contribution in [3.05, 3.63) is 38.0 Å². The van der Waals surface area contributed by atoms with Crippen LogP contribution in [0.4, 0.5) is 19.2 Å². The lowest BCUT2D eigenvalue weighted by molar-refractivity contribution is -0.136. The molecule has 0 unspecified atom stereocenters. The lowest BCUT2D eigenvalue weighted by Gasteiger charge is -2.47. The Kier molecular flexibility index (Phi) is 21.3. The zero-order valence-corrected chi connectivity index (χ0v) is 40.3. The van der Waals surface area contributed by atoms with Crippen LogP contribution in [-0.2, 0) is 28.5 Å². The Morgan fingerprint density at radius 3 is 1.62 bits per heavy atom. The van der Waals surface area contributed by atoms with E-state index < -0.39 is 57.3 Å². The number of piperazine rings is 2. The Hall–Kier alpha value is -4.68. The average molecular weight is 893 g/mol. The second-order valence-electron chi connectivity index (χ2n) is 19.9. The summed E-state index contributed by atoms with van der Waals surface area (Å²) >= 11 is 0. The molecule has 3 heterocycles. The molecule has 0 aromatic carbocycles. The number of ketones is 1. The minimum atomic E-state index is -1.32. The number of carbonyl (C=O) groups excluding carboxylic acids is 6. The molecule has 3 aliphatic heterocycles. The van der Waals surface area contributed by atoms with Crippen LogP contribution < -0.4 is 32.3 Å². The molecular weight excluding hydrogens is 813 g/mol. The van der Waals surface area contributed by atoms with Crippen molar-refractivity contribution >= 4 is 36.1 Å². The van der Waals surface area contributed by atoms with E-state index in [-0.39, 0.29) is 43.8 Å². The third-order valence-corrected chi connectivity index (χ3v) is 9.64. The molecule has 0 bridgehead atoms. The number of ether oxygens (including phenoxy) is 4. The van der Waals surface area contributed by atoms with Crippen LogP contribution in [0.25, 0.3) is 0 Å². The van der Waals surface area contributed by atoms with Gasteiger partial charge in [-0.05, 0) is 115 Å². The van der Waals surface area contributed by atoms with E-state index in [0.29, 0.717) is 52.0 Å². The minimum Gasteiger partial charge on any atom is -0.444 e. The molecule has 3 saturated heterocycles. The van der Waals surface area contributed by atoms with Crippen molar-refractivity contribution in [1.82, 2.24) is 36.4 Å². The van der Waals surface area contributed by atoms with Crippen molar-refractivity contribution in [2.75, 3.05) is 58.9 Å². The smallest absolute Gasteiger partial charge is 0.411 e. The van der Waals surface area contributed by atoms with Crippen molar-refractivity contribution in [1.29, 1.82) is 0 Å². The Balaban J connectivity index is 0.000000503. The summed E-state index contributed by atoms with van der Waals surface area (Å²) in [6.07, 6.45) is 5.78. The number of amides is 5. The number of Topliss-reactive ketones (excluding diaryl/α,β-unsaturated/α-hetero) is 1. The summed E-state index contributed by atoms with van der Waals surface area (Å²) in [4.78, 5) is 76.7. The normalized spacial score (nSPS) is 22.9. The van der Waals surface area contributed by atoms with Crippen molar-refractivity contribution in [2.24, 2.45) is 5.73 Å². The predicted molar refractivity (Wildman–Crippen MR) is 244 cm³/mol. The highest BCUT2D eigenvalue weighted by Crippen LogP contribution is 2.27. The maximum Gasteiger partial charge on any atom is 0.411 e. The van der Waals surface area contributed by atoms with Gasteiger partial charge in [0.15, 0.2) is 5.78 Å². The molecule has 3 aliphatic rings. The fourth-order valence-corrected chi connectivity index (χ4v) is 6.88. The Morgan fingerprint density at radius 2 is 1.16 bits per heavy atom. The van der Waals surface area contributed by atoms with Crippen LogP contribution in [0.1, 0.15) is 115 Å². The number of piperidine rings is 1. The highest BCUT2D eigenvalue weighted by atomic mass is 16.6. The molecule has 0 radical (unpaired) electrons. The Labute approximate surface area is 376 Å². The number of alkyl carbamates (subject to hydrolysis) is 2. The molecule has 3 fully saturated rings. The van der Waals surface area contributed by atoms with Crippen LogP contribution in [0.2, 0.25) is 0 Å². The number of nitrogens with two attached hydrogens (primary N) is 1. The van der Waals surface area contributed by atoms with E-state index in [4.69, 9.17) is 24.7 Å². The summed E-state index contributed by atoms with van der Waals surface area (Å²) in [5.74, 6) is -0.137. The molecule has 18 heteroatoms. The Morgan fingerprint density at radius 1 is 0.683 bits per heavy atom. The van der Waals surface area contributed by atoms with E-state index >= 15 is 0 Å². The largest absolute Gasteiger partial charge is 0.444 e. The summed E-state index contributed by atoms with van der Waals surface area (Å²) in [6, 6.07) is 0. The molecule has 360 valence electrons. The minimum absolute atomic E-state index is 0.112. The van der Waals surface area contributed by atoms with Crippen LogP contribution in [0.5, 0.6) is 0 Å². The van der Waals surface area contributed by atoms with Crippen LogP contribution in [0.3, 0.4) is 0 Å². The summed E-state index contributed by atoms with van der Waals surface area (Å²) in [7, 11) is 0. The molecule has 5 amide bonds. The van der Waals surface area contributed by atoms with Gasteiger partial charge in [0.1, 0.15) is 27.9 Å². The van der Waals surface area contributed by atoms with Gasteiger partial charge in [-0.1, -0.05) is 18.2 Å². The molecule has 0 spiro atoms. The standard InChI is InChI=1S/C18H31N3O5.C18H33N3O4.C9H16N2O/c1-8-9-18(12-20-14(23)25-16(2,3)4)13(22)19-10-11-21(18)15(24)26-17(5,6)7;1-8-9-18(13-20-14(22)24-16(2,3)4)12-19-10-11-21(18)15(23)25-17(5,6)7;1-2-5-9(7-10)8(12)4-3-6-11-9/h8H,1,9-12H2,2-7H3,(H,19,22)(H,20,23);8,19H,1,9-13H2,2-7H3,(H,20,22);2,11H,1,3-7,10H2/t2*18-;9-/m101/s1. The van der Waals surface area contributed by atoms with Gasteiger partial charge in [-0.15, -0.1) is 19.7 Å². The number of carbonyl (C=O) groups is 6. The second-order valence-corrected chi connectivity index (χ2v) is 19.9. The van der Waals surface area contributed by atoms with E-state index in [0.717, 1.165) is 13.0 Å². The monoisotopic (exact) mass is 893 g/mol. The van der Waals surface area contributed by atoms with Gasteiger partial charge in [-0.25, -0.2) is 19.2 Å². The molecule has 3 rings (SSSR count). The van der Waals surface area contributed by atoms with E-state index in [1.165, 1.54) is 4.90 Å². The van der Waals surface area contributed by atoms with E-state index in [1.54, 1.807) is 85.4 Å². The van der Waals surface area contributed by atoms with Gasteiger partial charge < -0.3 is 51.3 Å². The fraction of sp³-hybridized carbons (Fsp3) is 0.733. The number of nitrogens with one attached hydrogen (secondary N) is 5. The molecule has 0 aromatic heterocycles. The van der Waals surface area contributed by atoms with Crippen LogP contribution in [-0.4, -0.2) is 144 Å². The highest BCUT2D eigenvalue weighted by Gasteiger charge is 2.50. The first-order chi connectivity index (χ1) is 28.9. The Bertz CT molecular complexity index is 1600. The van der Waals surface area contributed by atoms with Crippen molar-refractivity contribution in [2.45, 2.75) is 154 Å². The van der Waals surface area contributed by atoms with Gasteiger partial charge in [-0.2, -0.15) is 0 Å². The average Bonchev–Trinajstić information content (AvgIpc) is 3.13. The molecule has 0 saturated carbocycles. The molecule has 7 N–H and O–H groups in total. The lowest BCUT2D eigenvalue weighted by atomic mass is 9.84.